The molecule has 1 aromatic carbocycles. The van der Waals surface area contributed by atoms with E-state index in [1.807, 2.05) is 0 Å². The van der Waals surface area contributed by atoms with Crippen LogP contribution in [0.5, 0.6) is 0 Å². The maximum Gasteiger partial charge on any atom is 0.191 e. The lowest BCUT2D eigenvalue weighted by molar-refractivity contribution is 0.0203. The molecule has 3 rings (SSSR count). The second-order valence-electron chi connectivity index (χ2n) is 8.54. The fourth-order valence-corrected chi connectivity index (χ4v) is 4.15. The van der Waals surface area contributed by atoms with Gasteiger partial charge in [0.1, 0.15) is 0 Å². The van der Waals surface area contributed by atoms with E-state index < -0.39 is 6.10 Å². The highest BCUT2D eigenvalue weighted by Crippen LogP contribution is 2.18. The number of aliphatic imine (C=N–C) groups is 1. The predicted octanol–water partition coefficient (Wildman–Crippen LogP) is 1.79. The number of hydrogen-bond donors (Lipinski definition) is 3. The average molecular weight is 433 g/mol. The number of aliphatic hydroxyl groups excluding tert-OH is 1. The molecule has 1 aromatic rings. The van der Waals surface area contributed by atoms with Crippen LogP contribution in [0.15, 0.2) is 29.3 Å². The van der Waals surface area contributed by atoms with Crippen LogP contribution < -0.4 is 10.6 Å². The lowest BCUT2D eigenvalue weighted by atomic mass is 10.00. The van der Waals surface area contributed by atoms with Crippen molar-refractivity contribution in [1.82, 2.24) is 15.5 Å². The van der Waals surface area contributed by atoms with Gasteiger partial charge in [-0.3, -0.25) is 9.89 Å². The van der Waals surface area contributed by atoms with Crippen LogP contribution in [0.1, 0.15) is 37.3 Å². The zero-order chi connectivity index (χ0) is 21.7. The third-order valence-corrected chi connectivity index (χ3v) is 5.94. The quantitative estimate of drug-likeness (QED) is 0.281. The van der Waals surface area contributed by atoms with Gasteiger partial charge in [-0.1, -0.05) is 24.3 Å². The Morgan fingerprint density at radius 2 is 2.06 bits per heavy atom. The fraction of sp³-hybridized carbons (Fsp3) is 0.708. The number of guanidine groups is 1. The summed E-state index contributed by atoms with van der Waals surface area (Å²) in [5.74, 6) is 1.41. The van der Waals surface area contributed by atoms with E-state index in [0.29, 0.717) is 19.0 Å². The van der Waals surface area contributed by atoms with Crippen LogP contribution in [-0.4, -0.2) is 81.2 Å². The van der Waals surface area contributed by atoms with Crippen molar-refractivity contribution in [2.24, 2.45) is 10.9 Å². The van der Waals surface area contributed by atoms with Crippen LogP contribution in [0.3, 0.4) is 0 Å². The third kappa shape index (κ3) is 8.77. The minimum absolute atomic E-state index is 0.397. The summed E-state index contributed by atoms with van der Waals surface area (Å²) in [5, 5.41) is 17.1. The molecule has 0 saturated carbocycles. The number of nitrogens with one attached hydrogen (secondary N) is 2. The molecule has 0 aliphatic carbocycles. The van der Waals surface area contributed by atoms with Crippen molar-refractivity contribution in [3.8, 4) is 0 Å². The number of β-amino-alcohol motifs (C(OH)–C–C–N with tert-alkyl or cyclic N) is 1. The van der Waals surface area contributed by atoms with Gasteiger partial charge in [0.2, 0.25) is 0 Å². The van der Waals surface area contributed by atoms with Crippen LogP contribution in [0, 0.1) is 5.92 Å². The van der Waals surface area contributed by atoms with Crippen molar-refractivity contribution < 1.29 is 14.6 Å². The maximum atomic E-state index is 10.5. The second kappa shape index (κ2) is 13.7. The van der Waals surface area contributed by atoms with E-state index in [1.165, 1.54) is 11.1 Å². The van der Waals surface area contributed by atoms with E-state index >= 15 is 0 Å². The van der Waals surface area contributed by atoms with Crippen molar-refractivity contribution in [2.45, 2.75) is 45.3 Å². The van der Waals surface area contributed by atoms with E-state index in [0.717, 1.165) is 84.2 Å². The largest absolute Gasteiger partial charge is 0.390 e. The highest BCUT2D eigenvalue weighted by atomic mass is 16.5. The van der Waals surface area contributed by atoms with Crippen LogP contribution in [0.2, 0.25) is 0 Å². The smallest absolute Gasteiger partial charge is 0.191 e. The molecule has 7 heteroatoms. The Balaban J connectivity index is 1.31. The summed E-state index contributed by atoms with van der Waals surface area (Å²) in [6, 6.07) is 8.59. The molecule has 1 saturated heterocycles. The molecule has 1 unspecified atom stereocenters. The Kier molecular flexibility index (Phi) is 10.6. The van der Waals surface area contributed by atoms with Crippen molar-refractivity contribution in [3.63, 3.8) is 0 Å². The Morgan fingerprint density at radius 3 is 2.87 bits per heavy atom. The summed E-state index contributed by atoms with van der Waals surface area (Å²) in [7, 11) is 0. The number of ether oxygens (including phenoxy) is 2. The number of benzene rings is 1. The normalized spacial score (nSPS) is 19.1. The molecule has 1 fully saturated rings. The predicted molar refractivity (Wildman–Crippen MR) is 124 cm³/mol. The minimum Gasteiger partial charge on any atom is -0.390 e. The first kappa shape index (κ1) is 24.0. The fourth-order valence-electron chi connectivity index (χ4n) is 4.15. The molecule has 3 N–H and O–H groups in total. The van der Waals surface area contributed by atoms with Gasteiger partial charge in [0.05, 0.1) is 12.6 Å². The van der Waals surface area contributed by atoms with Gasteiger partial charge in [0.25, 0.3) is 0 Å². The molecular formula is C24H40N4O3. The molecule has 2 aliphatic rings. The Labute approximate surface area is 187 Å². The van der Waals surface area contributed by atoms with Crippen molar-refractivity contribution in [1.29, 1.82) is 0 Å². The molecular weight excluding hydrogens is 392 g/mol. The van der Waals surface area contributed by atoms with Crippen LogP contribution in [0.4, 0.5) is 0 Å². The number of aliphatic hydroxyl groups is 1. The van der Waals surface area contributed by atoms with Crippen molar-refractivity contribution in [3.05, 3.63) is 35.4 Å². The van der Waals surface area contributed by atoms with Crippen molar-refractivity contribution >= 4 is 5.96 Å². The van der Waals surface area contributed by atoms with Gasteiger partial charge < -0.3 is 25.2 Å². The summed E-state index contributed by atoms with van der Waals surface area (Å²) in [6.07, 6.45) is 3.74. The van der Waals surface area contributed by atoms with Crippen LogP contribution in [0.25, 0.3) is 0 Å². The van der Waals surface area contributed by atoms with Gasteiger partial charge >= 0.3 is 0 Å². The monoisotopic (exact) mass is 432 g/mol. The zero-order valence-corrected chi connectivity index (χ0v) is 19.0. The maximum absolute atomic E-state index is 10.5. The van der Waals surface area contributed by atoms with Gasteiger partial charge in [-0.25, -0.2) is 0 Å². The van der Waals surface area contributed by atoms with E-state index in [9.17, 15) is 5.11 Å². The highest BCUT2D eigenvalue weighted by Gasteiger charge is 2.18. The molecule has 2 aliphatic heterocycles. The highest BCUT2D eigenvalue weighted by molar-refractivity contribution is 5.79. The molecule has 0 radical (unpaired) electrons. The van der Waals surface area contributed by atoms with E-state index in [-0.39, 0.29) is 0 Å². The van der Waals surface area contributed by atoms with Crippen molar-refractivity contribution in [2.75, 3.05) is 59.2 Å². The number of fused-ring (bicyclic) bond motifs is 1. The first-order chi connectivity index (χ1) is 15.2. The second-order valence-corrected chi connectivity index (χ2v) is 8.54. The Bertz CT molecular complexity index is 664. The first-order valence-electron chi connectivity index (χ1n) is 11.9. The van der Waals surface area contributed by atoms with Crippen LogP contribution in [-0.2, 0) is 22.4 Å². The SMILES string of the molecule is CCNC(=NCC(O)CN1CCc2ccccc2C1)NCCCOCC1CCOCC1. The van der Waals surface area contributed by atoms with E-state index in [2.05, 4.69) is 51.7 Å². The minimum atomic E-state index is -0.469. The molecule has 2 heterocycles. The Morgan fingerprint density at radius 1 is 1.26 bits per heavy atom. The van der Waals surface area contributed by atoms with Gasteiger partial charge in [0, 0.05) is 59.2 Å². The molecule has 0 amide bonds. The van der Waals surface area contributed by atoms with Gasteiger partial charge in [-0.2, -0.15) is 0 Å². The zero-order valence-electron chi connectivity index (χ0n) is 19.0. The summed E-state index contributed by atoms with van der Waals surface area (Å²) in [6.45, 7) is 9.93. The number of nitrogens with zero attached hydrogens (tertiary/aromatic N) is 2. The molecule has 31 heavy (non-hydrogen) atoms. The number of rotatable bonds is 11. The topological polar surface area (TPSA) is 78.4 Å². The molecule has 1 atom stereocenters. The molecule has 0 spiro atoms. The van der Waals surface area contributed by atoms with E-state index in [1.54, 1.807) is 0 Å². The van der Waals surface area contributed by atoms with Gasteiger partial charge in [0.15, 0.2) is 5.96 Å². The Hall–Kier alpha value is -1.67. The number of hydrogen-bond acceptors (Lipinski definition) is 5. The summed E-state index contributed by atoms with van der Waals surface area (Å²) >= 11 is 0. The molecule has 174 valence electrons. The van der Waals surface area contributed by atoms with Crippen LogP contribution >= 0.6 is 0 Å². The third-order valence-electron chi connectivity index (χ3n) is 5.94. The summed E-state index contributed by atoms with van der Waals surface area (Å²) < 4.78 is 11.2. The lowest BCUT2D eigenvalue weighted by Crippen LogP contribution is -2.40. The summed E-state index contributed by atoms with van der Waals surface area (Å²) in [4.78, 5) is 6.90. The average Bonchev–Trinajstić information content (AvgIpc) is 2.80. The lowest BCUT2D eigenvalue weighted by Gasteiger charge is -2.30. The van der Waals surface area contributed by atoms with Gasteiger partial charge in [-0.15, -0.1) is 0 Å². The molecule has 0 aromatic heterocycles. The molecule has 0 bridgehead atoms. The first-order valence-corrected chi connectivity index (χ1v) is 11.9. The molecule has 7 nitrogen and oxygen atoms in total. The van der Waals surface area contributed by atoms with Gasteiger partial charge in [-0.05, 0) is 49.7 Å². The standard InChI is InChI=1S/C24H40N4O3/c1-2-25-24(26-11-5-13-31-19-20-9-14-30-15-10-20)27-16-23(29)18-28-12-8-21-6-3-4-7-22(21)17-28/h3-4,6-7,20,23,29H,2,5,8-19H2,1H3,(H2,25,26,27). The summed E-state index contributed by atoms with van der Waals surface area (Å²) in [5.41, 5.74) is 2.81. The van der Waals surface area contributed by atoms with E-state index in [4.69, 9.17) is 9.47 Å².